The van der Waals surface area contributed by atoms with Gasteiger partial charge in [0.05, 0.1) is 20.0 Å². The van der Waals surface area contributed by atoms with Gasteiger partial charge < -0.3 is 28.9 Å². The third-order valence-electron chi connectivity index (χ3n) is 1.38. The molecule has 0 spiro atoms. The quantitative estimate of drug-likeness (QED) is 0.248. The van der Waals surface area contributed by atoms with Gasteiger partial charge in [-0.15, -0.1) is 0 Å². The Morgan fingerprint density at radius 1 is 1.21 bits per heavy atom. The standard InChI is InChI=1S/C5H13BrO8P2.3Na/c1-5(7,4-6)2-3-13-16(11,12)14-15(8,9)10;;;/h7H,2-4H2,1H3,(H,11,12)(H2,8,9,10);;;/q;3*+1/p-3. The summed E-state index contributed by atoms with van der Waals surface area (Å²) in [7, 11) is -10.8. The fourth-order valence-electron chi connectivity index (χ4n) is 0.590. The summed E-state index contributed by atoms with van der Waals surface area (Å²) < 4.78 is 28.0. The number of phosphoric ester groups is 1. The molecule has 0 radical (unpaired) electrons. The Balaban J connectivity index is -0.000000375. The molecule has 0 amide bonds. The zero-order valence-electron chi connectivity index (χ0n) is 11.2. The zero-order valence-corrected chi connectivity index (χ0v) is 20.6. The largest absolute Gasteiger partial charge is 1.00 e. The van der Waals surface area contributed by atoms with E-state index in [2.05, 4.69) is 24.8 Å². The van der Waals surface area contributed by atoms with Gasteiger partial charge in [-0.25, -0.2) is 0 Å². The van der Waals surface area contributed by atoms with Gasteiger partial charge in [0.2, 0.25) is 0 Å². The maximum atomic E-state index is 10.7. The molecule has 1 N–H and O–H groups in total. The van der Waals surface area contributed by atoms with Gasteiger partial charge in [-0.05, 0) is 6.92 Å². The number of halogens is 1. The normalized spacial score (nSPS) is 16.9. The molecule has 0 saturated heterocycles. The molecule has 0 aromatic heterocycles. The second-order valence-corrected chi connectivity index (χ2v) is 6.45. The van der Waals surface area contributed by atoms with Crippen LogP contribution in [0.25, 0.3) is 0 Å². The van der Waals surface area contributed by atoms with Crippen molar-refractivity contribution in [2.24, 2.45) is 0 Å². The Bertz CT molecular complexity index is 324. The van der Waals surface area contributed by atoms with Gasteiger partial charge in [-0.2, -0.15) is 0 Å². The molecule has 0 bridgehead atoms. The Morgan fingerprint density at radius 2 is 1.63 bits per heavy atom. The van der Waals surface area contributed by atoms with Crippen molar-refractivity contribution >= 4 is 31.6 Å². The third kappa shape index (κ3) is 19.7. The van der Waals surface area contributed by atoms with E-state index >= 15 is 0 Å². The molecular formula is C5H10BrNa3O8P2. The predicted octanol–water partition coefficient (Wildman–Crippen LogP) is -10.1. The van der Waals surface area contributed by atoms with E-state index in [9.17, 15) is 28.9 Å². The average molecular weight is 409 g/mol. The van der Waals surface area contributed by atoms with Crippen molar-refractivity contribution in [2.75, 3.05) is 11.9 Å². The van der Waals surface area contributed by atoms with Crippen molar-refractivity contribution in [3.63, 3.8) is 0 Å². The summed E-state index contributed by atoms with van der Waals surface area (Å²) >= 11 is 2.97. The van der Waals surface area contributed by atoms with Crippen LogP contribution in [0.3, 0.4) is 0 Å². The summed E-state index contributed by atoms with van der Waals surface area (Å²) in [5.74, 6) is 0. The first-order valence-electron chi connectivity index (χ1n) is 3.95. The van der Waals surface area contributed by atoms with Crippen molar-refractivity contribution in [3.05, 3.63) is 0 Å². The van der Waals surface area contributed by atoms with Crippen molar-refractivity contribution in [2.45, 2.75) is 18.9 Å². The third-order valence-corrected chi connectivity index (χ3v) is 4.68. The predicted molar refractivity (Wildman–Crippen MR) is 51.3 cm³/mol. The smallest absolute Gasteiger partial charge is 0.790 e. The molecule has 98 valence electrons. The minimum atomic E-state index is -5.65. The molecule has 0 aliphatic rings. The van der Waals surface area contributed by atoms with E-state index in [0.29, 0.717) is 0 Å². The van der Waals surface area contributed by atoms with Crippen LogP contribution < -0.4 is 103 Å². The molecule has 0 aromatic carbocycles. The average Bonchev–Trinajstić information content (AvgIpc) is 1.98. The van der Waals surface area contributed by atoms with Crippen LogP contribution in [0.4, 0.5) is 0 Å². The SMILES string of the molecule is CC(O)(CBr)CCOP(=O)([O-])OP(=O)([O-])[O-].[Na+].[Na+].[Na+]. The van der Waals surface area contributed by atoms with Crippen LogP contribution in [-0.2, 0) is 18.0 Å². The van der Waals surface area contributed by atoms with Gasteiger partial charge in [0.25, 0.3) is 7.82 Å². The molecular weight excluding hydrogens is 399 g/mol. The van der Waals surface area contributed by atoms with Crippen molar-refractivity contribution < 1.29 is 126 Å². The van der Waals surface area contributed by atoms with E-state index in [-0.39, 0.29) is 100 Å². The fraction of sp³-hybridized carbons (Fsp3) is 1.00. The summed E-state index contributed by atoms with van der Waals surface area (Å²) in [6, 6.07) is 0. The summed E-state index contributed by atoms with van der Waals surface area (Å²) in [6.07, 6.45) is -0.0874. The second kappa shape index (κ2) is 13.0. The second-order valence-electron chi connectivity index (χ2n) is 3.19. The topological polar surface area (TPSA) is 142 Å². The molecule has 0 aliphatic carbocycles. The molecule has 0 heterocycles. The molecule has 0 aromatic rings. The first-order valence-corrected chi connectivity index (χ1v) is 7.99. The summed E-state index contributed by atoms with van der Waals surface area (Å²) in [5.41, 5.74) is -1.21. The maximum Gasteiger partial charge on any atom is 1.00 e. The van der Waals surface area contributed by atoms with Gasteiger partial charge in [0.1, 0.15) is 0 Å². The Hall–Kier alpha value is 3.70. The van der Waals surface area contributed by atoms with Gasteiger partial charge in [0, 0.05) is 11.8 Å². The first-order chi connectivity index (χ1) is 6.97. The van der Waals surface area contributed by atoms with Crippen LogP contribution in [-0.4, -0.2) is 22.6 Å². The molecule has 2 unspecified atom stereocenters. The van der Waals surface area contributed by atoms with E-state index in [0.717, 1.165) is 0 Å². The number of rotatable bonds is 7. The molecule has 0 aliphatic heterocycles. The Labute approximate surface area is 186 Å². The van der Waals surface area contributed by atoms with Crippen LogP contribution in [0.5, 0.6) is 0 Å². The van der Waals surface area contributed by atoms with Gasteiger partial charge >= 0.3 is 88.7 Å². The number of phosphoric acid groups is 2. The van der Waals surface area contributed by atoms with Crippen LogP contribution in [0, 0.1) is 0 Å². The van der Waals surface area contributed by atoms with E-state index in [1.165, 1.54) is 6.92 Å². The van der Waals surface area contributed by atoms with Crippen molar-refractivity contribution in [1.29, 1.82) is 0 Å². The summed E-state index contributed by atoms with van der Waals surface area (Å²) in [5, 5.41) is 9.59. The van der Waals surface area contributed by atoms with Crippen LogP contribution in [0.2, 0.25) is 0 Å². The monoisotopic (exact) mass is 408 g/mol. The molecule has 8 nitrogen and oxygen atoms in total. The number of aliphatic hydroxyl groups is 1. The van der Waals surface area contributed by atoms with E-state index in [4.69, 9.17) is 0 Å². The molecule has 0 saturated carbocycles. The van der Waals surface area contributed by atoms with Crippen LogP contribution in [0.1, 0.15) is 13.3 Å². The Morgan fingerprint density at radius 3 is 1.95 bits per heavy atom. The van der Waals surface area contributed by atoms with Crippen LogP contribution >= 0.6 is 31.6 Å². The first kappa shape index (κ1) is 30.6. The number of alkyl halides is 1. The van der Waals surface area contributed by atoms with Crippen molar-refractivity contribution in [1.82, 2.24) is 0 Å². The van der Waals surface area contributed by atoms with Gasteiger partial charge in [-0.3, -0.25) is 8.88 Å². The van der Waals surface area contributed by atoms with Gasteiger partial charge in [0.15, 0.2) is 0 Å². The molecule has 19 heavy (non-hydrogen) atoms. The fourth-order valence-corrected chi connectivity index (χ4v) is 2.35. The molecule has 0 rings (SSSR count). The molecule has 0 fully saturated rings. The maximum absolute atomic E-state index is 10.7. The summed E-state index contributed by atoms with van der Waals surface area (Å²) in [4.78, 5) is 30.7. The van der Waals surface area contributed by atoms with E-state index < -0.39 is 27.9 Å². The minimum Gasteiger partial charge on any atom is -0.790 e. The zero-order chi connectivity index (χ0) is 13.0. The minimum absolute atomic E-state index is 0. The molecule has 2 atom stereocenters. The number of hydrogen-bond acceptors (Lipinski definition) is 8. The van der Waals surface area contributed by atoms with E-state index in [1.54, 1.807) is 0 Å². The van der Waals surface area contributed by atoms with Gasteiger partial charge in [-0.1, -0.05) is 15.9 Å². The van der Waals surface area contributed by atoms with Crippen LogP contribution in [0.15, 0.2) is 0 Å². The van der Waals surface area contributed by atoms with E-state index in [1.807, 2.05) is 0 Å². The Kier molecular flexibility index (Phi) is 21.0. The number of hydrogen-bond donors (Lipinski definition) is 1. The van der Waals surface area contributed by atoms with Crippen molar-refractivity contribution in [3.8, 4) is 0 Å². The molecule has 14 heteroatoms. The summed E-state index contributed by atoms with van der Waals surface area (Å²) in [6.45, 7) is 0.910.